The maximum Gasteiger partial charge on any atom is 0.234 e. The molecule has 0 spiro atoms. The van der Waals surface area contributed by atoms with Gasteiger partial charge in [0.25, 0.3) is 0 Å². The van der Waals surface area contributed by atoms with E-state index in [0.717, 1.165) is 32.6 Å². The van der Waals surface area contributed by atoms with E-state index in [4.69, 9.17) is 4.74 Å². The molecule has 0 aromatic heterocycles. The van der Waals surface area contributed by atoms with E-state index in [9.17, 15) is 13.2 Å². The predicted molar refractivity (Wildman–Crippen MR) is 86.4 cm³/mol. The number of nitrogens with zero attached hydrogens (tertiary/aromatic N) is 1. The van der Waals surface area contributed by atoms with Gasteiger partial charge in [0.1, 0.15) is 5.75 Å². The molecule has 5 nitrogen and oxygen atoms in total. The molecular formula is C16H19NO4S. The van der Waals surface area contributed by atoms with E-state index in [2.05, 4.69) is 0 Å². The van der Waals surface area contributed by atoms with Crippen molar-refractivity contribution in [2.75, 3.05) is 19.9 Å². The number of ether oxygens (including phenoxy) is 1. The van der Waals surface area contributed by atoms with Crippen molar-refractivity contribution >= 4 is 26.7 Å². The maximum absolute atomic E-state index is 11.6. The third-order valence-corrected chi connectivity index (χ3v) is 4.76. The van der Waals surface area contributed by atoms with Crippen LogP contribution < -0.4 is 4.74 Å². The average molecular weight is 321 g/mol. The minimum atomic E-state index is -3.54. The Bertz CT molecular complexity index is 799. The van der Waals surface area contributed by atoms with Crippen LogP contribution in [0.4, 0.5) is 0 Å². The first-order valence-corrected chi connectivity index (χ1v) is 8.71. The summed E-state index contributed by atoms with van der Waals surface area (Å²) in [5.41, 5.74) is 0.978. The molecule has 6 heteroatoms. The van der Waals surface area contributed by atoms with Crippen LogP contribution in [-0.2, 0) is 21.2 Å². The van der Waals surface area contributed by atoms with Crippen LogP contribution in [-0.4, -0.2) is 38.5 Å². The highest BCUT2D eigenvalue weighted by atomic mass is 32.2. The van der Waals surface area contributed by atoms with Crippen molar-refractivity contribution in [1.82, 2.24) is 4.31 Å². The zero-order chi connectivity index (χ0) is 16.3. The van der Waals surface area contributed by atoms with Gasteiger partial charge in [-0.3, -0.25) is 4.79 Å². The van der Waals surface area contributed by atoms with Crippen LogP contribution in [0.25, 0.3) is 10.8 Å². The monoisotopic (exact) mass is 321 g/mol. The molecule has 118 valence electrons. The highest BCUT2D eigenvalue weighted by Gasteiger charge is 2.19. The highest BCUT2D eigenvalue weighted by Crippen LogP contribution is 2.24. The quantitative estimate of drug-likeness (QED) is 0.847. The Morgan fingerprint density at radius 1 is 1.23 bits per heavy atom. The van der Waals surface area contributed by atoms with Gasteiger partial charge in [0, 0.05) is 13.5 Å². The van der Waals surface area contributed by atoms with E-state index in [1.165, 1.54) is 6.92 Å². The standard InChI is InChI=1S/C16H19NO4S/c1-12(18)17(22(3,19)20)10-9-14-6-4-5-13-7-8-15(21-2)11-16(13)14/h4-8,11H,9-10H2,1-3H3. The lowest BCUT2D eigenvalue weighted by Crippen LogP contribution is -2.35. The lowest BCUT2D eigenvalue weighted by Gasteiger charge is -2.19. The summed E-state index contributed by atoms with van der Waals surface area (Å²) in [4.78, 5) is 11.5. The van der Waals surface area contributed by atoms with Crippen molar-refractivity contribution < 1.29 is 17.9 Å². The summed E-state index contributed by atoms with van der Waals surface area (Å²) in [7, 11) is -1.94. The van der Waals surface area contributed by atoms with Crippen LogP contribution >= 0.6 is 0 Å². The molecule has 1 amide bonds. The first-order chi connectivity index (χ1) is 10.3. The Balaban J connectivity index is 2.33. The fourth-order valence-corrected chi connectivity index (χ4v) is 3.33. The van der Waals surface area contributed by atoms with Crippen LogP contribution in [0.2, 0.25) is 0 Å². The zero-order valence-corrected chi connectivity index (χ0v) is 13.7. The summed E-state index contributed by atoms with van der Waals surface area (Å²) in [5.74, 6) is 0.270. The Labute approximate surface area is 130 Å². The fraction of sp³-hybridized carbons (Fsp3) is 0.312. The zero-order valence-electron chi connectivity index (χ0n) is 12.9. The molecule has 0 radical (unpaired) electrons. The van der Waals surface area contributed by atoms with Gasteiger partial charge < -0.3 is 4.74 Å². The molecule has 0 bridgehead atoms. The van der Waals surface area contributed by atoms with Gasteiger partial charge in [-0.1, -0.05) is 24.3 Å². The number of benzene rings is 2. The van der Waals surface area contributed by atoms with Gasteiger partial charge in [0.2, 0.25) is 15.9 Å². The molecule has 0 aliphatic heterocycles. The number of carbonyl (C=O) groups excluding carboxylic acids is 1. The number of fused-ring (bicyclic) bond motifs is 1. The minimum absolute atomic E-state index is 0.129. The van der Waals surface area contributed by atoms with Crippen LogP contribution in [0.15, 0.2) is 36.4 Å². The van der Waals surface area contributed by atoms with Crippen molar-refractivity contribution in [3.8, 4) is 5.75 Å². The van der Waals surface area contributed by atoms with E-state index in [0.29, 0.717) is 6.42 Å². The first kappa shape index (κ1) is 16.3. The summed E-state index contributed by atoms with van der Waals surface area (Å²) in [6.07, 6.45) is 1.50. The number of amides is 1. The number of hydrogen-bond donors (Lipinski definition) is 0. The van der Waals surface area contributed by atoms with E-state index < -0.39 is 15.9 Å². The molecule has 0 aliphatic carbocycles. The van der Waals surface area contributed by atoms with Gasteiger partial charge in [-0.15, -0.1) is 0 Å². The Morgan fingerprint density at radius 3 is 2.55 bits per heavy atom. The van der Waals surface area contributed by atoms with Crippen LogP contribution in [0.5, 0.6) is 5.75 Å². The summed E-state index contributed by atoms with van der Waals surface area (Å²) < 4.78 is 29.4. The molecule has 2 aromatic carbocycles. The molecule has 22 heavy (non-hydrogen) atoms. The molecular weight excluding hydrogens is 302 g/mol. The lowest BCUT2D eigenvalue weighted by molar-refractivity contribution is -0.124. The topological polar surface area (TPSA) is 63.7 Å². The molecule has 0 fully saturated rings. The molecule has 0 N–H and O–H groups in total. The smallest absolute Gasteiger partial charge is 0.234 e. The first-order valence-electron chi connectivity index (χ1n) is 6.87. The van der Waals surface area contributed by atoms with Crippen molar-refractivity contribution in [2.45, 2.75) is 13.3 Å². The molecule has 2 rings (SSSR count). The van der Waals surface area contributed by atoms with Crippen molar-refractivity contribution in [3.05, 3.63) is 42.0 Å². The Kier molecular flexibility index (Phi) is 4.71. The van der Waals surface area contributed by atoms with E-state index in [-0.39, 0.29) is 6.54 Å². The maximum atomic E-state index is 11.6. The van der Waals surface area contributed by atoms with E-state index in [1.807, 2.05) is 36.4 Å². The molecule has 2 aromatic rings. The number of hydrogen-bond acceptors (Lipinski definition) is 4. The second kappa shape index (κ2) is 6.36. The normalized spacial score (nSPS) is 11.4. The van der Waals surface area contributed by atoms with E-state index in [1.54, 1.807) is 7.11 Å². The largest absolute Gasteiger partial charge is 0.497 e. The second-order valence-corrected chi connectivity index (χ2v) is 7.02. The summed E-state index contributed by atoms with van der Waals surface area (Å²) in [6, 6.07) is 11.6. The van der Waals surface area contributed by atoms with Crippen molar-refractivity contribution in [2.24, 2.45) is 0 Å². The highest BCUT2D eigenvalue weighted by molar-refractivity contribution is 7.88. The molecule has 0 saturated carbocycles. The SMILES string of the molecule is COc1ccc2cccc(CCN(C(C)=O)S(C)(=O)=O)c2c1. The van der Waals surface area contributed by atoms with Crippen LogP contribution in [0.3, 0.4) is 0 Å². The van der Waals surface area contributed by atoms with Gasteiger partial charge in [-0.25, -0.2) is 12.7 Å². The van der Waals surface area contributed by atoms with Crippen molar-refractivity contribution in [1.29, 1.82) is 0 Å². The Hall–Kier alpha value is -2.08. The molecule has 0 saturated heterocycles. The number of rotatable bonds is 5. The van der Waals surface area contributed by atoms with Crippen LogP contribution in [0, 0.1) is 0 Å². The van der Waals surface area contributed by atoms with Gasteiger partial charge in [-0.05, 0) is 34.9 Å². The van der Waals surface area contributed by atoms with Crippen LogP contribution in [0.1, 0.15) is 12.5 Å². The molecule has 0 heterocycles. The second-order valence-electron chi connectivity index (χ2n) is 5.11. The average Bonchev–Trinajstić information content (AvgIpc) is 2.45. The minimum Gasteiger partial charge on any atom is -0.497 e. The molecule has 0 unspecified atom stereocenters. The predicted octanol–water partition coefficient (Wildman–Crippen LogP) is 2.20. The third-order valence-electron chi connectivity index (χ3n) is 3.52. The number of sulfonamides is 1. The van der Waals surface area contributed by atoms with Gasteiger partial charge in [0.15, 0.2) is 0 Å². The summed E-state index contributed by atoms with van der Waals surface area (Å²) >= 11 is 0. The summed E-state index contributed by atoms with van der Waals surface area (Å²) in [5, 5.41) is 2.05. The molecule has 0 aliphatic rings. The number of carbonyl (C=O) groups is 1. The van der Waals surface area contributed by atoms with Gasteiger partial charge >= 0.3 is 0 Å². The fourth-order valence-electron chi connectivity index (χ4n) is 2.44. The van der Waals surface area contributed by atoms with Gasteiger partial charge in [0.05, 0.1) is 13.4 Å². The third kappa shape index (κ3) is 3.57. The summed E-state index contributed by atoms with van der Waals surface area (Å²) in [6.45, 7) is 1.39. The lowest BCUT2D eigenvalue weighted by atomic mass is 10.0. The van der Waals surface area contributed by atoms with Crippen molar-refractivity contribution in [3.63, 3.8) is 0 Å². The van der Waals surface area contributed by atoms with Gasteiger partial charge in [-0.2, -0.15) is 0 Å². The number of methoxy groups -OCH3 is 1. The Morgan fingerprint density at radius 2 is 1.95 bits per heavy atom. The molecule has 0 atom stereocenters. The van der Waals surface area contributed by atoms with E-state index >= 15 is 0 Å².